The molecule has 0 aliphatic rings. The minimum absolute atomic E-state index is 0.0655. The summed E-state index contributed by atoms with van der Waals surface area (Å²) in [5, 5.41) is 6.33. The van der Waals surface area contributed by atoms with Crippen LogP contribution in [0.5, 0.6) is 11.5 Å². The van der Waals surface area contributed by atoms with E-state index in [1.165, 1.54) is 11.1 Å². The molecule has 1 amide bonds. The number of ether oxygens (including phenoxy) is 2. The molecule has 0 aliphatic carbocycles. The van der Waals surface area contributed by atoms with Crippen molar-refractivity contribution in [2.24, 2.45) is 0 Å². The van der Waals surface area contributed by atoms with Gasteiger partial charge in [0.1, 0.15) is 0 Å². The highest BCUT2D eigenvalue weighted by molar-refractivity contribution is 9.10. The molecular weight excluding hydrogens is 432 g/mol. The first-order valence-corrected chi connectivity index (χ1v) is 10.6. The minimum atomic E-state index is -0.298. The Bertz CT molecular complexity index is 860. The summed E-state index contributed by atoms with van der Waals surface area (Å²) >= 11 is 3.61. The van der Waals surface area contributed by atoms with Gasteiger partial charge in [0.05, 0.1) is 6.61 Å². The second-order valence-electron chi connectivity index (χ2n) is 8.06. The van der Waals surface area contributed by atoms with E-state index in [1.54, 1.807) is 0 Å². The predicted molar refractivity (Wildman–Crippen MR) is 122 cm³/mol. The van der Waals surface area contributed by atoms with E-state index in [0.29, 0.717) is 24.7 Å². The van der Waals surface area contributed by atoms with E-state index in [9.17, 15) is 4.79 Å². The lowest BCUT2D eigenvalue weighted by molar-refractivity contribution is -0.124. The van der Waals surface area contributed by atoms with E-state index >= 15 is 0 Å². The fourth-order valence-corrected chi connectivity index (χ4v) is 3.20. The Morgan fingerprint density at radius 2 is 1.72 bits per heavy atom. The molecule has 0 aromatic heterocycles. The first-order chi connectivity index (χ1) is 13.6. The van der Waals surface area contributed by atoms with Crippen molar-refractivity contribution in [1.82, 2.24) is 5.32 Å². The number of amides is 1. The maximum Gasteiger partial charge on any atom is 0.258 e. The van der Waals surface area contributed by atoms with Gasteiger partial charge in [-0.05, 0) is 82.5 Å². The molecule has 0 heterocycles. The maximum absolute atomic E-state index is 12.1. The molecule has 0 bridgehead atoms. The van der Waals surface area contributed by atoms with E-state index in [4.69, 9.17) is 9.47 Å². The van der Waals surface area contributed by atoms with Crippen molar-refractivity contribution in [3.05, 3.63) is 51.5 Å². The van der Waals surface area contributed by atoms with Crippen LogP contribution in [-0.2, 0) is 11.3 Å². The average Bonchev–Trinajstić information content (AvgIpc) is 2.62. The minimum Gasteiger partial charge on any atom is -0.490 e. The Morgan fingerprint density at radius 1 is 1.03 bits per heavy atom. The lowest BCUT2D eigenvalue weighted by Crippen LogP contribution is -2.43. The molecule has 0 saturated carbocycles. The van der Waals surface area contributed by atoms with Gasteiger partial charge >= 0.3 is 0 Å². The SMILES string of the molecule is CCOc1cc(CNc2ccc(C)c(C)c2)c(Br)cc1OCC(=O)NC(C)(C)C. The Balaban J connectivity index is 2.11. The third kappa shape index (κ3) is 7.28. The van der Waals surface area contributed by atoms with Gasteiger partial charge in [-0.25, -0.2) is 0 Å². The number of carbonyl (C=O) groups is 1. The molecule has 2 aromatic rings. The number of carbonyl (C=O) groups excluding carboxylic acids is 1. The van der Waals surface area contributed by atoms with Crippen LogP contribution in [0.1, 0.15) is 44.4 Å². The van der Waals surface area contributed by atoms with Crippen LogP contribution >= 0.6 is 15.9 Å². The number of hydrogen-bond acceptors (Lipinski definition) is 4. The molecule has 0 atom stereocenters. The maximum atomic E-state index is 12.1. The molecule has 0 spiro atoms. The first-order valence-electron chi connectivity index (χ1n) is 9.79. The molecule has 0 radical (unpaired) electrons. The zero-order valence-electron chi connectivity index (χ0n) is 18.1. The summed E-state index contributed by atoms with van der Waals surface area (Å²) in [6.45, 7) is 13.0. The topological polar surface area (TPSA) is 59.6 Å². The molecular formula is C23H31BrN2O3. The Kier molecular flexibility index (Phi) is 7.96. The van der Waals surface area contributed by atoms with Gasteiger partial charge in [-0.2, -0.15) is 0 Å². The molecule has 0 saturated heterocycles. The van der Waals surface area contributed by atoms with Crippen molar-refractivity contribution >= 4 is 27.5 Å². The van der Waals surface area contributed by atoms with E-state index < -0.39 is 0 Å². The van der Waals surface area contributed by atoms with Crippen molar-refractivity contribution in [3.8, 4) is 11.5 Å². The standard InChI is InChI=1S/C23H31BrN2O3/c1-7-28-20-11-17(13-25-18-9-8-15(2)16(3)10-18)19(24)12-21(20)29-14-22(27)26-23(4,5)6/h8-12,25H,7,13-14H2,1-6H3,(H,26,27). The number of rotatable bonds is 8. The quantitative estimate of drug-likeness (QED) is 0.553. The Labute approximate surface area is 182 Å². The van der Waals surface area contributed by atoms with Gasteiger partial charge in [0.25, 0.3) is 5.91 Å². The molecule has 2 N–H and O–H groups in total. The highest BCUT2D eigenvalue weighted by atomic mass is 79.9. The molecule has 2 rings (SSSR count). The summed E-state index contributed by atoms with van der Waals surface area (Å²) in [5.74, 6) is 0.991. The summed E-state index contributed by atoms with van der Waals surface area (Å²) in [4.78, 5) is 12.1. The van der Waals surface area contributed by atoms with Gasteiger partial charge in [0.2, 0.25) is 0 Å². The zero-order chi connectivity index (χ0) is 21.6. The third-order valence-electron chi connectivity index (χ3n) is 4.28. The van der Waals surface area contributed by atoms with E-state index in [0.717, 1.165) is 15.7 Å². The van der Waals surface area contributed by atoms with Gasteiger partial charge in [-0.3, -0.25) is 4.79 Å². The van der Waals surface area contributed by atoms with E-state index in [-0.39, 0.29) is 18.1 Å². The first kappa shape index (κ1) is 23.1. The summed E-state index contributed by atoms with van der Waals surface area (Å²) in [6.07, 6.45) is 0. The lowest BCUT2D eigenvalue weighted by Gasteiger charge is -2.21. The van der Waals surface area contributed by atoms with Crippen molar-refractivity contribution in [3.63, 3.8) is 0 Å². The van der Waals surface area contributed by atoms with E-state index in [2.05, 4.69) is 58.6 Å². The van der Waals surface area contributed by atoms with Gasteiger partial charge in [0.15, 0.2) is 18.1 Å². The number of hydrogen-bond donors (Lipinski definition) is 2. The normalized spacial score (nSPS) is 11.1. The monoisotopic (exact) mass is 462 g/mol. The second kappa shape index (κ2) is 10.0. The zero-order valence-corrected chi connectivity index (χ0v) is 19.7. The number of benzene rings is 2. The summed E-state index contributed by atoms with van der Waals surface area (Å²) < 4.78 is 12.4. The van der Waals surface area contributed by atoms with Crippen LogP contribution in [0.25, 0.3) is 0 Å². The number of nitrogens with one attached hydrogen (secondary N) is 2. The molecule has 29 heavy (non-hydrogen) atoms. The van der Waals surface area contributed by atoms with Crippen LogP contribution in [0.2, 0.25) is 0 Å². The predicted octanol–water partition coefficient (Wildman–Crippen LogP) is 5.37. The van der Waals surface area contributed by atoms with Gasteiger partial charge in [-0.1, -0.05) is 22.0 Å². The Hall–Kier alpha value is -2.21. The van der Waals surface area contributed by atoms with Crippen LogP contribution in [0, 0.1) is 13.8 Å². The summed E-state index contributed by atoms with van der Waals surface area (Å²) in [6, 6.07) is 10.1. The van der Waals surface area contributed by atoms with Gasteiger partial charge in [-0.15, -0.1) is 0 Å². The molecule has 158 valence electrons. The number of halogens is 1. The molecule has 0 aliphatic heterocycles. The summed E-state index contributed by atoms with van der Waals surface area (Å²) in [7, 11) is 0. The molecule has 6 heteroatoms. The van der Waals surface area contributed by atoms with Gasteiger partial charge < -0.3 is 20.1 Å². The van der Waals surface area contributed by atoms with Crippen molar-refractivity contribution in [2.75, 3.05) is 18.5 Å². The third-order valence-corrected chi connectivity index (χ3v) is 5.01. The largest absolute Gasteiger partial charge is 0.490 e. The highest BCUT2D eigenvalue weighted by Crippen LogP contribution is 2.34. The fourth-order valence-electron chi connectivity index (χ4n) is 2.74. The highest BCUT2D eigenvalue weighted by Gasteiger charge is 2.16. The van der Waals surface area contributed by atoms with Crippen LogP contribution in [0.4, 0.5) is 5.69 Å². The number of anilines is 1. The Morgan fingerprint density at radius 3 is 2.34 bits per heavy atom. The van der Waals surface area contributed by atoms with Crippen molar-refractivity contribution < 1.29 is 14.3 Å². The average molecular weight is 463 g/mol. The molecule has 2 aromatic carbocycles. The van der Waals surface area contributed by atoms with Crippen LogP contribution in [-0.4, -0.2) is 24.7 Å². The smallest absolute Gasteiger partial charge is 0.258 e. The van der Waals surface area contributed by atoms with Gasteiger partial charge in [0, 0.05) is 22.2 Å². The van der Waals surface area contributed by atoms with Crippen molar-refractivity contribution in [1.29, 1.82) is 0 Å². The van der Waals surface area contributed by atoms with Crippen LogP contribution in [0.15, 0.2) is 34.8 Å². The fraction of sp³-hybridized carbons (Fsp3) is 0.435. The van der Waals surface area contributed by atoms with Crippen LogP contribution < -0.4 is 20.1 Å². The summed E-state index contributed by atoms with van der Waals surface area (Å²) in [5.41, 5.74) is 4.33. The lowest BCUT2D eigenvalue weighted by atomic mass is 10.1. The molecule has 0 fully saturated rings. The van der Waals surface area contributed by atoms with Crippen molar-refractivity contribution in [2.45, 2.75) is 53.6 Å². The molecule has 0 unspecified atom stereocenters. The number of aryl methyl sites for hydroxylation is 2. The van der Waals surface area contributed by atoms with Crippen LogP contribution in [0.3, 0.4) is 0 Å². The second-order valence-corrected chi connectivity index (χ2v) is 8.92. The molecule has 5 nitrogen and oxygen atoms in total. The van der Waals surface area contributed by atoms with E-state index in [1.807, 2.05) is 39.8 Å².